The Morgan fingerprint density at radius 2 is 1.73 bits per heavy atom. The van der Waals surface area contributed by atoms with Crippen LogP contribution < -0.4 is 0 Å². The van der Waals surface area contributed by atoms with Gasteiger partial charge in [0.1, 0.15) is 0 Å². The van der Waals surface area contributed by atoms with E-state index in [2.05, 4.69) is 46.3 Å². The number of fused-ring (bicyclic) bond motifs is 1. The van der Waals surface area contributed by atoms with E-state index in [0.29, 0.717) is 6.61 Å². The van der Waals surface area contributed by atoms with E-state index in [1.165, 1.54) is 0 Å². The topological polar surface area (TPSA) is 39.4 Å². The molecule has 0 saturated heterocycles. The molecule has 0 aliphatic carbocycles. The summed E-state index contributed by atoms with van der Waals surface area (Å²) in [5.74, 6) is 0. The second-order valence-electron chi connectivity index (χ2n) is 6.15. The summed E-state index contributed by atoms with van der Waals surface area (Å²) in [5, 5.41) is 4.84. The third-order valence-corrected chi connectivity index (χ3v) is 4.80. The van der Waals surface area contributed by atoms with Crippen molar-refractivity contribution in [1.82, 2.24) is 14.6 Å². The normalized spacial score (nSPS) is 11.2. The van der Waals surface area contributed by atoms with E-state index in [9.17, 15) is 0 Å². The molecule has 4 aromatic rings. The summed E-state index contributed by atoms with van der Waals surface area (Å²) < 4.78 is 8.37. The van der Waals surface area contributed by atoms with E-state index in [1.54, 1.807) is 7.11 Å². The minimum absolute atomic E-state index is 0.437. The Bertz CT molecular complexity index is 1060. The van der Waals surface area contributed by atoms with Crippen molar-refractivity contribution in [3.05, 3.63) is 76.5 Å². The first-order valence-electron chi connectivity index (χ1n) is 8.37. The van der Waals surface area contributed by atoms with Gasteiger partial charge >= 0.3 is 0 Å². The fourth-order valence-corrected chi connectivity index (χ4v) is 3.41. The Hall–Kier alpha value is -2.50. The molecule has 0 saturated carbocycles. The molecular weight excluding hydrogens is 390 g/mol. The SMILES string of the molecule is COCc1nn2c(-c3ccc(Br)cc3)cc(C)nc2c1-c1ccccc1. The van der Waals surface area contributed by atoms with Crippen LogP contribution in [0.15, 0.2) is 65.1 Å². The average Bonchev–Trinajstić information content (AvgIpc) is 3.00. The molecule has 0 spiro atoms. The summed E-state index contributed by atoms with van der Waals surface area (Å²) >= 11 is 3.50. The van der Waals surface area contributed by atoms with Gasteiger partial charge in [-0.15, -0.1) is 0 Å². The Morgan fingerprint density at radius 3 is 2.42 bits per heavy atom. The Labute approximate surface area is 160 Å². The third-order valence-electron chi connectivity index (χ3n) is 4.27. The zero-order chi connectivity index (χ0) is 18.1. The van der Waals surface area contributed by atoms with E-state index in [4.69, 9.17) is 14.8 Å². The second-order valence-corrected chi connectivity index (χ2v) is 7.06. The van der Waals surface area contributed by atoms with Gasteiger partial charge in [0.05, 0.1) is 23.6 Å². The largest absolute Gasteiger partial charge is 0.378 e. The number of methoxy groups -OCH3 is 1. The lowest BCUT2D eigenvalue weighted by molar-refractivity contribution is 0.181. The number of halogens is 1. The molecule has 130 valence electrons. The van der Waals surface area contributed by atoms with Gasteiger partial charge in [0.25, 0.3) is 0 Å². The number of aryl methyl sites for hydroxylation is 1. The maximum absolute atomic E-state index is 5.40. The predicted molar refractivity (Wildman–Crippen MR) is 107 cm³/mol. The minimum atomic E-state index is 0.437. The number of hydrogen-bond acceptors (Lipinski definition) is 3. The van der Waals surface area contributed by atoms with E-state index in [-0.39, 0.29) is 0 Å². The summed E-state index contributed by atoms with van der Waals surface area (Å²) in [6, 6.07) is 20.5. The summed E-state index contributed by atoms with van der Waals surface area (Å²) in [6.45, 7) is 2.45. The average molecular weight is 408 g/mol. The highest BCUT2D eigenvalue weighted by Crippen LogP contribution is 2.31. The van der Waals surface area contributed by atoms with Crippen molar-refractivity contribution in [2.45, 2.75) is 13.5 Å². The van der Waals surface area contributed by atoms with Gasteiger partial charge in [-0.25, -0.2) is 9.50 Å². The lowest BCUT2D eigenvalue weighted by Gasteiger charge is -2.07. The highest BCUT2D eigenvalue weighted by molar-refractivity contribution is 9.10. The Kier molecular flexibility index (Phi) is 4.57. The van der Waals surface area contributed by atoms with Gasteiger partial charge in [-0.3, -0.25) is 0 Å². The zero-order valence-corrected chi connectivity index (χ0v) is 16.2. The molecule has 0 unspecified atom stereocenters. The van der Waals surface area contributed by atoms with Crippen LogP contribution in [0.2, 0.25) is 0 Å². The number of benzene rings is 2. The molecule has 4 nitrogen and oxygen atoms in total. The van der Waals surface area contributed by atoms with Crippen molar-refractivity contribution < 1.29 is 4.74 Å². The second kappa shape index (κ2) is 7.02. The molecule has 2 aromatic carbocycles. The standard InChI is InChI=1S/C21H18BrN3O/c1-14-12-19(15-8-10-17(22)11-9-15)25-21(23-14)20(18(24-25)13-26-2)16-6-4-3-5-7-16/h3-12H,13H2,1-2H3. The molecule has 5 heteroatoms. The third kappa shape index (κ3) is 3.04. The van der Waals surface area contributed by atoms with Crippen LogP contribution in [0.5, 0.6) is 0 Å². The minimum Gasteiger partial charge on any atom is -0.378 e. The van der Waals surface area contributed by atoms with E-state index in [1.807, 2.05) is 41.8 Å². The van der Waals surface area contributed by atoms with Crippen molar-refractivity contribution in [3.63, 3.8) is 0 Å². The first kappa shape index (κ1) is 16.9. The highest BCUT2D eigenvalue weighted by atomic mass is 79.9. The van der Waals surface area contributed by atoms with Gasteiger partial charge in [-0.05, 0) is 30.7 Å². The van der Waals surface area contributed by atoms with Crippen LogP contribution in [0, 0.1) is 6.92 Å². The van der Waals surface area contributed by atoms with Gasteiger partial charge in [0.15, 0.2) is 5.65 Å². The zero-order valence-electron chi connectivity index (χ0n) is 14.6. The van der Waals surface area contributed by atoms with Crippen LogP contribution in [0.25, 0.3) is 28.0 Å². The molecule has 0 aliphatic rings. The van der Waals surface area contributed by atoms with Gasteiger partial charge in [-0.1, -0.05) is 58.4 Å². The number of aromatic nitrogens is 3. The maximum atomic E-state index is 5.40. The maximum Gasteiger partial charge on any atom is 0.164 e. The molecule has 2 aromatic heterocycles. The molecule has 0 bridgehead atoms. The molecule has 0 radical (unpaired) electrons. The molecule has 0 aliphatic heterocycles. The number of nitrogens with zero attached hydrogens (tertiary/aromatic N) is 3. The number of rotatable bonds is 4. The monoisotopic (exact) mass is 407 g/mol. The van der Waals surface area contributed by atoms with E-state index >= 15 is 0 Å². The molecule has 26 heavy (non-hydrogen) atoms. The first-order chi connectivity index (χ1) is 12.7. The summed E-state index contributed by atoms with van der Waals surface area (Å²) in [4.78, 5) is 4.79. The quantitative estimate of drug-likeness (QED) is 0.461. The molecule has 0 fully saturated rings. The van der Waals surface area contributed by atoms with Gasteiger partial charge in [-0.2, -0.15) is 5.10 Å². The summed E-state index contributed by atoms with van der Waals surface area (Å²) in [5.41, 5.74) is 6.91. The van der Waals surface area contributed by atoms with Crippen LogP contribution in [-0.4, -0.2) is 21.7 Å². The number of hydrogen-bond donors (Lipinski definition) is 0. The van der Waals surface area contributed by atoms with Crippen molar-refractivity contribution in [1.29, 1.82) is 0 Å². The predicted octanol–water partition coefficient (Wildman–Crippen LogP) is 5.28. The Morgan fingerprint density at radius 1 is 1.00 bits per heavy atom. The first-order valence-corrected chi connectivity index (χ1v) is 9.16. The lowest BCUT2D eigenvalue weighted by atomic mass is 10.1. The fraction of sp³-hybridized carbons (Fsp3) is 0.143. The highest BCUT2D eigenvalue weighted by Gasteiger charge is 2.19. The fourth-order valence-electron chi connectivity index (χ4n) is 3.15. The van der Waals surface area contributed by atoms with E-state index < -0.39 is 0 Å². The van der Waals surface area contributed by atoms with Crippen LogP contribution in [-0.2, 0) is 11.3 Å². The van der Waals surface area contributed by atoms with Crippen LogP contribution in [0.4, 0.5) is 0 Å². The van der Waals surface area contributed by atoms with Crippen molar-refractivity contribution >= 4 is 21.6 Å². The summed E-state index contributed by atoms with van der Waals surface area (Å²) in [7, 11) is 1.69. The molecule has 4 rings (SSSR count). The van der Waals surface area contributed by atoms with Crippen LogP contribution in [0.1, 0.15) is 11.4 Å². The van der Waals surface area contributed by atoms with Gasteiger partial charge in [0.2, 0.25) is 0 Å². The Balaban J connectivity index is 2.03. The number of ether oxygens (including phenoxy) is 1. The molecule has 0 amide bonds. The van der Waals surface area contributed by atoms with Crippen molar-refractivity contribution in [3.8, 4) is 22.4 Å². The molecule has 0 atom stereocenters. The smallest absolute Gasteiger partial charge is 0.164 e. The van der Waals surface area contributed by atoms with Crippen LogP contribution >= 0.6 is 15.9 Å². The van der Waals surface area contributed by atoms with Crippen LogP contribution in [0.3, 0.4) is 0 Å². The van der Waals surface area contributed by atoms with Crippen molar-refractivity contribution in [2.75, 3.05) is 7.11 Å². The molecule has 2 heterocycles. The van der Waals surface area contributed by atoms with E-state index in [0.717, 1.165) is 43.9 Å². The van der Waals surface area contributed by atoms with Gasteiger partial charge in [0, 0.05) is 22.8 Å². The molecule has 0 N–H and O–H groups in total. The summed E-state index contributed by atoms with van der Waals surface area (Å²) in [6.07, 6.45) is 0. The molecular formula is C21H18BrN3O. The van der Waals surface area contributed by atoms with Gasteiger partial charge < -0.3 is 4.74 Å². The van der Waals surface area contributed by atoms with Crippen molar-refractivity contribution in [2.24, 2.45) is 0 Å². The lowest BCUT2D eigenvalue weighted by Crippen LogP contribution is -1.98.